The zero-order valence-electron chi connectivity index (χ0n) is 13.5. The van der Waals surface area contributed by atoms with Crippen molar-refractivity contribution in [2.24, 2.45) is 0 Å². The second-order valence-corrected chi connectivity index (χ2v) is 5.84. The lowest BCUT2D eigenvalue weighted by Gasteiger charge is -2.12. The summed E-state index contributed by atoms with van der Waals surface area (Å²) in [5.74, 6) is 1.81. The van der Waals surface area contributed by atoms with E-state index in [1.54, 1.807) is 24.3 Å². The lowest BCUT2D eigenvalue weighted by Crippen LogP contribution is -2.11. The molecule has 3 aromatic rings. The highest BCUT2D eigenvalue weighted by molar-refractivity contribution is 9.10. The Balaban J connectivity index is 1.75. The van der Waals surface area contributed by atoms with Crippen molar-refractivity contribution >= 4 is 27.5 Å². The minimum atomic E-state index is -0.353. The molecule has 128 valence electrons. The molecule has 1 amide bonds. The van der Waals surface area contributed by atoms with Gasteiger partial charge >= 0.3 is 0 Å². The fraction of sp³-hybridized carbons (Fsp3) is 0.105. The van der Waals surface area contributed by atoms with Gasteiger partial charge in [-0.05, 0) is 71.4 Å². The van der Waals surface area contributed by atoms with Gasteiger partial charge in [0, 0.05) is 0 Å². The Morgan fingerprint density at radius 3 is 2.44 bits per heavy atom. The van der Waals surface area contributed by atoms with E-state index < -0.39 is 0 Å². The number of carbonyl (C=O) groups is 1. The highest BCUT2D eigenvalue weighted by Gasteiger charge is 2.13. The summed E-state index contributed by atoms with van der Waals surface area (Å²) in [6, 6.07) is 17.7. The van der Waals surface area contributed by atoms with E-state index >= 15 is 0 Å². The van der Waals surface area contributed by atoms with Gasteiger partial charge < -0.3 is 19.2 Å². The third-order valence-electron chi connectivity index (χ3n) is 3.29. The Morgan fingerprint density at radius 2 is 1.76 bits per heavy atom. The van der Waals surface area contributed by atoms with Crippen LogP contribution in [-0.4, -0.2) is 12.5 Å². The van der Waals surface area contributed by atoms with Crippen molar-refractivity contribution in [1.82, 2.24) is 0 Å². The minimum absolute atomic E-state index is 0.211. The minimum Gasteiger partial charge on any atom is -0.494 e. The first kappa shape index (κ1) is 17.1. The van der Waals surface area contributed by atoms with E-state index in [0.29, 0.717) is 28.5 Å². The second kappa shape index (κ2) is 7.90. The molecule has 1 heterocycles. The fourth-order valence-corrected chi connectivity index (χ4v) is 2.48. The summed E-state index contributed by atoms with van der Waals surface area (Å²) >= 11 is 3.18. The van der Waals surface area contributed by atoms with Crippen molar-refractivity contribution in [3.63, 3.8) is 0 Å². The van der Waals surface area contributed by atoms with Crippen molar-refractivity contribution in [2.45, 2.75) is 6.92 Å². The third kappa shape index (κ3) is 4.42. The molecular formula is C19H16BrNO4. The van der Waals surface area contributed by atoms with Crippen LogP contribution in [0, 0.1) is 0 Å². The van der Waals surface area contributed by atoms with Crippen LogP contribution < -0.4 is 14.8 Å². The fourth-order valence-electron chi connectivity index (χ4n) is 2.18. The van der Waals surface area contributed by atoms with Crippen LogP contribution in [0.5, 0.6) is 17.2 Å². The van der Waals surface area contributed by atoms with Crippen molar-refractivity contribution in [3.05, 3.63) is 71.1 Å². The average molecular weight is 402 g/mol. The summed E-state index contributed by atoms with van der Waals surface area (Å²) in [4.78, 5) is 12.3. The third-order valence-corrected chi connectivity index (χ3v) is 3.72. The predicted molar refractivity (Wildman–Crippen MR) is 98.5 cm³/mol. The average Bonchev–Trinajstić information content (AvgIpc) is 3.05. The van der Waals surface area contributed by atoms with Crippen molar-refractivity contribution in [3.8, 4) is 17.2 Å². The van der Waals surface area contributed by atoms with Crippen LogP contribution in [0.15, 0.2) is 69.8 Å². The molecule has 6 heteroatoms. The molecule has 25 heavy (non-hydrogen) atoms. The number of hydrogen-bond acceptors (Lipinski definition) is 4. The van der Waals surface area contributed by atoms with Gasteiger partial charge in [-0.1, -0.05) is 12.1 Å². The number of benzene rings is 2. The van der Waals surface area contributed by atoms with Crippen LogP contribution in [-0.2, 0) is 0 Å². The number of halogens is 1. The van der Waals surface area contributed by atoms with Gasteiger partial charge in [0.1, 0.15) is 11.5 Å². The zero-order valence-corrected chi connectivity index (χ0v) is 15.1. The Bertz CT molecular complexity index is 858. The summed E-state index contributed by atoms with van der Waals surface area (Å²) in [6.45, 7) is 2.54. The molecule has 0 saturated heterocycles. The Morgan fingerprint density at radius 1 is 1.04 bits per heavy atom. The van der Waals surface area contributed by atoms with Crippen molar-refractivity contribution < 1.29 is 18.7 Å². The van der Waals surface area contributed by atoms with Crippen LogP contribution in [0.1, 0.15) is 17.5 Å². The van der Waals surface area contributed by atoms with Gasteiger partial charge in [0.15, 0.2) is 16.2 Å². The normalized spacial score (nSPS) is 10.3. The van der Waals surface area contributed by atoms with Crippen LogP contribution in [0.4, 0.5) is 5.69 Å². The first-order valence-electron chi connectivity index (χ1n) is 7.72. The van der Waals surface area contributed by atoms with Gasteiger partial charge in [0.2, 0.25) is 0 Å². The maximum atomic E-state index is 12.3. The van der Waals surface area contributed by atoms with Crippen LogP contribution in [0.2, 0.25) is 0 Å². The molecule has 0 aliphatic carbocycles. The first-order chi connectivity index (χ1) is 12.2. The van der Waals surface area contributed by atoms with E-state index in [4.69, 9.17) is 13.9 Å². The molecule has 0 aliphatic heterocycles. The maximum absolute atomic E-state index is 12.3. The van der Waals surface area contributed by atoms with E-state index in [9.17, 15) is 4.79 Å². The van der Waals surface area contributed by atoms with Crippen LogP contribution in [0.3, 0.4) is 0 Å². The number of carbonyl (C=O) groups excluding carboxylic acids is 1. The Kier molecular flexibility index (Phi) is 5.40. The number of anilines is 1. The molecule has 0 aliphatic rings. The molecule has 2 aromatic carbocycles. The van der Waals surface area contributed by atoms with E-state index in [-0.39, 0.29) is 11.7 Å². The molecule has 0 bridgehead atoms. The number of para-hydroxylation sites is 2. The molecule has 0 fully saturated rings. The molecule has 3 rings (SSSR count). The van der Waals surface area contributed by atoms with Gasteiger partial charge in [-0.25, -0.2) is 0 Å². The highest BCUT2D eigenvalue weighted by atomic mass is 79.9. The standard InChI is InChI=1S/C19H16BrNO4/c1-2-23-13-7-9-14(10-8-13)24-16-6-4-3-5-15(16)21-19(22)17-11-12-18(20)25-17/h3-12H,2H2,1H3,(H,21,22). The summed E-state index contributed by atoms with van der Waals surface area (Å²) in [7, 11) is 0. The second-order valence-electron chi connectivity index (χ2n) is 5.06. The topological polar surface area (TPSA) is 60.7 Å². The first-order valence-corrected chi connectivity index (χ1v) is 8.51. The monoisotopic (exact) mass is 401 g/mol. The number of amides is 1. The van der Waals surface area contributed by atoms with Gasteiger partial charge in [-0.2, -0.15) is 0 Å². The Labute approximate surface area is 153 Å². The van der Waals surface area contributed by atoms with Crippen molar-refractivity contribution in [2.75, 3.05) is 11.9 Å². The van der Waals surface area contributed by atoms with Gasteiger partial charge in [-0.15, -0.1) is 0 Å². The lowest BCUT2D eigenvalue weighted by molar-refractivity contribution is 0.0995. The van der Waals surface area contributed by atoms with Gasteiger partial charge in [0.25, 0.3) is 5.91 Å². The summed E-state index contributed by atoms with van der Waals surface area (Å²) < 4.78 is 17.0. The molecule has 0 atom stereocenters. The molecule has 0 radical (unpaired) electrons. The molecule has 0 spiro atoms. The number of nitrogens with one attached hydrogen (secondary N) is 1. The molecular weight excluding hydrogens is 386 g/mol. The molecule has 1 aromatic heterocycles. The van der Waals surface area contributed by atoms with Crippen molar-refractivity contribution in [1.29, 1.82) is 0 Å². The van der Waals surface area contributed by atoms with Crippen LogP contribution >= 0.6 is 15.9 Å². The summed E-state index contributed by atoms with van der Waals surface area (Å²) in [5, 5.41) is 2.79. The number of furan rings is 1. The number of ether oxygens (including phenoxy) is 2. The predicted octanol–water partition coefficient (Wildman–Crippen LogP) is 5.49. The van der Waals surface area contributed by atoms with E-state index in [2.05, 4.69) is 21.2 Å². The molecule has 0 saturated carbocycles. The zero-order chi connectivity index (χ0) is 17.6. The highest BCUT2D eigenvalue weighted by Crippen LogP contribution is 2.30. The number of rotatable bonds is 6. The van der Waals surface area contributed by atoms with E-state index in [0.717, 1.165) is 5.75 Å². The largest absolute Gasteiger partial charge is 0.494 e. The van der Waals surface area contributed by atoms with E-state index in [1.165, 1.54) is 0 Å². The lowest BCUT2D eigenvalue weighted by atomic mass is 10.2. The summed E-state index contributed by atoms with van der Waals surface area (Å²) in [6.07, 6.45) is 0. The molecule has 5 nitrogen and oxygen atoms in total. The van der Waals surface area contributed by atoms with Gasteiger partial charge in [0.05, 0.1) is 12.3 Å². The smallest absolute Gasteiger partial charge is 0.291 e. The summed E-state index contributed by atoms with van der Waals surface area (Å²) in [5.41, 5.74) is 0.550. The number of hydrogen-bond donors (Lipinski definition) is 1. The van der Waals surface area contributed by atoms with Gasteiger partial charge in [-0.3, -0.25) is 4.79 Å². The Hall–Kier alpha value is -2.73. The molecule has 0 unspecified atom stereocenters. The maximum Gasteiger partial charge on any atom is 0.291 e. The van der Waals surface area contributed by atoms with Crippen LogP contribution in [0.25, 0.3) is 0 Å². The van der Waals surface area contributed by atoms with E-state index in [1.807, 2.05) is 43.3 Å². The SMILES string of the molecule is CCOc1ccc(Oc2ccccc2NC(=O)c2ccc(Br)o2)cc1. The molecule has 1 N–H and O–H groups in total. The quantitative estimate of drug-likeness (QED) is 0.593.